The summed E-state index contributed by atoms with van der Waals surface area (Å²) >= 11 is 0. The Balaban J connectivity index is 0.00000169. The number of aliphatic carboxylic acids is 1. The lowest BCUT2D eigenvalue weighted by Crippen LogP contribution is -2.60. The van der Waals surface area contributed by atoms with Crippen LogP contribution >= 0.6 is 12.4 Å². The smallest absolute Gasteiger partial charge is 0.443 e. The molecule has 0 aromatic heterocycles. The Morgan fingerprint density at radius 1 is 1.50 bits per heavy atom. The molecule has 0 aromatic rings. The van der Waals surface area contributed by atoms with E-state index in [1.165, 1.54) is 6.08 Å². The number of nitrogens with one attached hydrogen (secondary N) is 1. The van der Waals surface area contributed by atoms with Gasteiger partial charge in [-0.15, -0.1) is 12.4 Å². The summed E-state index contributed by atoms with van der Waals surface area (Å²) in [5, 5.41) is 10.1. The number of hydrogen-bond acceptors (Lipinski definition) is 3. The molecule has 8 heteroatoms. The Labute approximate surface area is 82.9 Å². The first-order chi connectivity index (χ1) is 5.90. The van der Waals surface area contributed by atoms with E-state index in [0.717, 1.165) is 12.4 Å². The predicted octanol–water partition coefficient (Wildman–Crippen LogP) is 0.939. The third kappa shape index (κ3) is 1.82. The van der Waals surface area contributed by atoms with Gasteiger partial charge in [0.1, 0.15) is 0 Å². The van der Waals surface area contributed by atoms with Crippen molar-refractivity contribution < 1.29 is 23.1 Å². The van der Waals surface area contributed by atoms with Gasteiger partial charge in [0.15, 0.2) is 0 Å². The molecule has 0 saturated heterocycles. The zero-order valence-corrected chi connectivity index (χ0v) is 7.39. The summed E-state index contributed by atoms with van der Waals surface area (Å²) in [4.78, 5) is 13.3. The number of hydrogen-bond donors (Lipinski definition) is 2. The van der Waals surface area contributed by atoms with Crippen LogP contribution in [0.3, 0.4) is 0 Å². The first-order valence-corrected chi connectivity index (χ1v) is 3.18. The normalized spacial score (nSPS) is 25.1. The monoisotopic (exact) mass is 230 g/mol. The van der Waals surface area contributed by atoms with Gasteiger partial charge in [-0.2, -0.15) is 13.2 Å². The Morgan fingerprint density at radius 3 is 2.29 bits per heavy atom. The third-order valence-corrected chi connectivity index (χ3v) is 1.46. The lowest BCUT2D eigenvalue weighted by Gasteiger charge is -2.28. The summed E-state index contributed by atoms with van der Waals surface area (Å²) in [7, 11) is 0. The maximum absolute atomic E-state index is 12.3. The maximum Gasteiger partial charge on any atom is 0.443 e. The number of alkyl halides is 3. The van der Waals surface area contributed by atoms with Crippen LogP contribution in [0, 0.1) is 0 Å². The Hall–Kier alpha value is -1.24. The molecule has 0 spiro atoms. The number of aliphatic imine (C=N–C) groups is 1. The van der Waals surface area contributed by atoms with E-state index < -0.39 is 17.8 Å². The number of rotatable bonds is 1. The fourth-order valence-corrected chi connectivity index (χ4v) is 0.797. The van der Waals surface area contributed by atoms with E-state index in [4.69, 9.17) is 5.11 Å². The maximum atomic E-state index is 12.3. The zero-order chi connectivity index (χ0) is 10.1. The molecule has 0 amide bonds. The standard InChI is InChI=1S/C6H5F3N2O2.ClH/c7-6(8,9)5(4(12)13)10-2-1-3-11-5;/h1-3,10H,(H,12,13);1H. The summed E-state index contributed by atoms with van der Waals surface area (Å²) in [6, 6.07) is 0. The Kier molecular flexibility index (Phi) is 3.53. The number of halogens is 4. The van der Waals surface area contributed by atoms with Crippen LogP contribution in [0.2, 0.25) is 0 Å². The summed E-state index contributed by atoms with van der Waals surface area (Å²) in [5.74, 6) is -2.08. The highest BCUT2D eigenvalue weighted by Crippen LogP contribution is 2.32. The van der Waals surface area contributed by atoms with Gasteiger partial charge < -0.3 is 10.4 Å². The predicted molar refractivity (Wildman–Crippen MR) is 44.4 cm³/mol. The van der Waals surface area contributed by atoms with Crippen molar-refractivity contribution in [2.24, 2.45) is 4.99 Å². The van der Waals surface area contributed by atoms with E-state index in [9.17, 15) is 18.0 Å². The van der Waals surface area contributed by atoms with Crippen molar-refractivity contribution in [2.45, 2.75) is 11.8 Å². The van der Waals surface area contributed by atoms with Crippen molar-refractivity contribution in [2.75, 3.05) is 0 Å². The Morgan fingerprint density at radius 2 is 2.07 bits per heavy atom. The summed E-state index contributed by atoms with van der Waals surface area (Å²) in [5.41, 5.74) is -3.23. The molecular weight excluding hydrogens is 225 g/mol. The molecular formula is C6H6ClF3N2O2. The molecule has 0 saturated carbocycles. The third-order valence-electron chi connectivity index (χ3n) is 1.46. The van der Waals surface area contributed by atoms with Gasteiger partial charge in [0.25, 0.3) is 0 Å². The minimum atomic E-state index is -4.97. The van der Waals surface area contributed by atoms with Gasteiger partial charge >= 0.3 is 17.8 Å². The molecule has 14 heavy (non-hydrogen) atoms. The zero-order valence-electron chi connectivity index (χ0n) is 6.58. The fourth-order valence-electron chi connectivity index (χ4n) is 0.797. The molecule has 2 N–H and O–H groups in total. The van der Waals surface area contributed by atoms with Crippen molar-refractivity contribution in [3.63, 3.8) is 0 Å². The largest absolute Gasteiger partial charge is 0.478 e. The molecule has 1 unspecified atom stereocenters. The summed E-state index contributed by atoms with van der Waals surface area (Å²) < 4.78 is 36.8. The average molecular weight is 231 g/mol. The van der Waals surface area contributed by atoms with Gasteiger partial charge in [-0.25, -0.2) is 9.79 Å². The molecule has 0 radical (unpaired) electrons. The van der Waals surface area contributed by atoms with Gasteiger partial charge in [-0.1, -0.05) is 0 Å². The molecule has 1 heterocycles. The van der Waals surface area contributed by atoms with Gasteiger partial charge in [-0.3, -0.25) is 0 Å². The molecule has 1 atom stereocenters. The molecule has 4 nitrogen and oxygen atoms in total. The number of carboxylic acid groups (broad SMARTS) is 1. The number of allylic oxidation sites excluding steroid dienone is 1. The van der Waals surface area contributed by atoms with Gasteiger partial charge in [-0.05, 0) is 6.08 Å². The molecule has 80 valence electrons. The molecule has 0 aromatic carbocycles. The lowest BCUT2D eigenvalue weighted by atomic mass is 10.1. The van der Waals surface area contributed by atoms with Crippen LogP contribution in [0.4, 0.5) is 13.2 Å². The highest BCUT2D eigenvalue weighted by molar-refractivity contribution is 5.85. The quantitative estimate of drug-likeness (QED) is 0.705. The van der Waals surface area contributed by atoms with E-state index >= 15 is 0 Å². The second-order valence-corrected chi connectivity index (χ2v) is 2.29. The first-order valence-electron chi connectivity index (χ1n) is 3.18. The SMILES string of the molecule is Cl.O=C(O)C1(C(F)(F)F)N=CC=CN1. The van der Waals surface area contributed by atoms with Crippen LogP contribution in [0.15, 0.2) is 17.3 Å². The van der Waals surface area contributed by atoms with Crippen LogP contribution in [-0.2, 0) is 4.79 Å². The number of carboxylic acids is 1. The van der Waals surface area contributed by atoms with Crippen molar-refractivity contribution >= 4 is 24.6 Å². The summed E-state index contributed by atoms with van der Waals surface area (Å²) in [6.07, 6.45) is -2.13. The molecule has 0 fully saturated rings. The lowest BCUT2D eigenvalue weighted by molar-refractivity contribution is -0.205. The average Bonchev–Trinajstić information content (AvgIpc) is 2.03. The Bertz CT molecular complexity index is 289. The number of carbonyl (C=O) groups is 1. The molecule has 0 bridgehead atoms. The second kappa shape index (κ2) is 3.87. The van der Waals surface area contributed by atoms with E-state index in [-0.39, 0.29) is 12.4 Å². The van der Waals surface area contributed by atoms with E-state index in [0.29, 0.717) is 0 Å². The van der Waals surface area contributed by atoms with Crippen LogP contribution in [0.25, 0.3) is 0 Å². The minimum absolute atomic E-state index is 0. The van der Waals surface area contributed by atoms with Crippen LogP contribution < -0.4 is 5.32 Å². The van der Waals surface area contributed by atoms with Crippen LogP contribution in [0.1, 0.15) is 0 Å². The topological polar surface area (TPSA) is 61.7 Å². The van der Waals surface area contributed by atoms with E-state index in [1.807, 2.05) is 0 Å². The molecule has 1 aliphatic heterocycles. The van der Waals surface area contributed by atoms with Gasteiger partial charge in [0, 0.05) is 12.4 Å². The minimum Gasteiger partial charge on any atom is -0.478 e. The van der Waals surface area contributed by atoms with Crippen molar-refractivity contribution in [1.29, 1.82) is 0 Å². The highest BCUT2D eigenvalue weighted by Gasteiger charge is 2.61. The molecule has 0 aliphatic carbocycles. The number of nitrogens with zero attached hydrogens (tertiary/aromatic N) is 1. The first kappa shape index (κ1) is 12.8. The second-order valence-electron chi connectivity index (χ2n) is 2.29. The van der Waals surface area contributed by atoms with Gasteiger partial charge in [0.2, 0.25) is 0 Å². The van der Waals surface area contributed by atoms with Crippen molar-refractivity contribution in [3.8, 4) is 0 Å². The van der Waals surface area contributed by atoms with E-state index in [2.05, 4.69) is 4.99 Å². The fraction of sp³-hybridized carbons (Fsp3) is 0.333. The van der Waals surface area contributed by atoms with Crippen molar-refractivity contribution in [1.82, 2.24) is 5.32 Å². The van der Waals surface area contributed by atoms with E-state index in [1.54, 1.807) is 5.32 Å². The summed E-state index contributed by atoms with van der Waals surface area (Å²) in [6.45, 7) is 0. The van der Waals surface area contributed by atoms with Crippen molar-refractivity contribution in [3.05, 3.63) is 12.3 Å². The highest BCUT2D eigenvalue weighted by atomic mass is 35.5. The molecule has 1 rings (SSSR count). The van der Waals surface area contributed by atoms with Gasteiger partial charge in [0.05, 0.1) is 0 Å². The van der Waals surface area contributed by atoms with Crippen LogP contribution in [0.5, 0.6) is 0 Å². The molecule has 1 aliphatic rings. The van der Waals surface area contributed by atoms with Crippen LogP contribution in [-0.4, -0.2) is 29.1 Å².